The number of carbonyl (C=O) groups is 3. The van der Waals surface area contributed by atoms with Crippen molar-refractivity contribution in [3.63, 3.8) is 0 Å². The third kappa shape index (κ3) is 4.40. The van der Waals surface area contributed by atoms with Gasteiger partial charge in [0.25, 0.3) is 0 Å². The van der Waals surface area contributed by atoms with Crippen molar-refractivity contribution in [2.45, 2.75) is 32.7 Å². The molecule has 3 amide bonds. The quantitative estimate of drug-likeness (QED) is 0.751. The van der Waals surface area contributed by atoms with Gasteiger partial charge in [-0.2, -0.15) is 0 Å². The van der Waals surface area contributed by atoms with E-state index in [1.54, 1.807) is 25.1 Å². The number of nitrogens with zero attached hydrogens (tertiary/aromatic N) is 1. The van der Waals surface area contributed by atoms with E-state index >= 15 is 0 Å². The summed E-state index contributed by atoms with van der Waals surface area (Å²) in [7, 11) is 0. The number of nitrogens with two attached hydrogens (primary N) is 1. The molecule has 1 saturated heterocycles. The topological polar surface area (TPSA) is 92.5 Å². The predicted octanol–water partition coefficient (Wildman–Crippen LogP) is 3.34. The second-order valence-corrected chi connectivity index (χ2v) is 6.84. The molecule has 2 aromatic carbocycles. The van der Waals surface area contributed by atoms with Gasteiger partial charge in [-0.25, -0.2) is 0 Å². The van der Waals surface area contributed by atoms with Crippen LogP contribution < -0.4 is 16.0 Å². The minimum Gasteiger partial charge on any atom is -0.326 e. The summed E-state index contributed by atoms with van der Waals surface area (Å²) in [4.78, 5) is 37.6. The fourth-order valence-corrected chi connectivity index (χ4v) is 3.21. The number of benzene rings is 2. The zero-order valence-corrected chi connectivity index (χ0v) is 16.7. The molecule has 2 aromatic rings. The Morgan fingerprint density at radius 2 is 1.68 bits per heavy atom. The second kappa shape index (κ2) is 8.99. The molecule has 0 spiro atoms. The molecule has 3 rings (SSSR count). The molecule has 2 atom stereocenters. The van der Waals surface area contributed by atoms with Gasteiger partial charge in [-0.15, -0.1) is 12.4 Å². The monoisotopic (exact) mass is 401 g/mol. The third-order valence-electron chi connectivity index (χ3n) is 4.89. The number of hydrogen-bond donors (Lipinski definition) is 2. The molecular formula is C21H24ClN3O3. The van der Waals surface area contributed by atoms with E-state index in [-0.39, 0.29) is 43.0 Å². The Balaban J connectivity index is 0.00000280. The maximum absolute atomic E-state index is 12.6. The van der Waals surface area contributed by atoms with E-state index < -0.39 is 12.0 Å². The smallest absolute Gasteiger partial charge is 0.234 e. The van der Waals surface area contributed by atoms with Gasteiger partial charge in [0.15, 0.2) is 0 Å². The zero-order valence-electron chi connectivity index (χ0n) is 15.8. The van der Waals surface area contributed by atoms with E-state index in [9.17, 15) is 14.4 Å². The van der Waals surface area contributed by atoms with Gasteiger partial charge in [-0.05, 0) is 36.2 Å². The van der Waals surface area contributed by atoms with Crippen LogP contribution in [0.2, 0.25) is 0 Å². The summed E-state index contributed by atoms with van der Waals surface area (Å²) in [5.41, 5.74) is 9.03. The normalized spacial score (nSPS) is 15.8. The van der Waals surface area contributed by atoms with Gasteiger partial charge < -0.3 is 11.1 Å². The van der Waals surface area contributed by atoms with Crippen LogP contribution in [-0.2, 0) is 14.4 Å². The van der Waals surface area contributed by atoms with E-state index in [4.69, 9.17) is 5.73 Å². The number of anilines is 2. The number of amides is 3. The molecular weight excluding hydrogens is 378 g/mol. The number of halogens is 1. The lowest BCUT2D eigenvalue weighted by Gasteiger charge is -2.21. The van der Waals surface area contributed by atoms with Crippen LogP contribution in [0.25, 0.3) is 0 Å². The Labute approximate surface area is 170 Å². The SMILES string of the molecule is Cc1cc(NC(=O)C(C)C(N)c2ccccc2)ccc1N1C(=O)CCC1=O.Cl. The summed E-state index contributed by atoms with van der Waals surface area (Å²) in [6, 6.07) is 14.2. The van der Waals surface area contributed by atoms with E-state index in [0.717, 1.165) is 11.1 Å². The van der Waals surface area contributed by atoms with Gasteiger partial charge >= 0.3 is 0 Å². The van der Waals surface area contributed by atoms with Crippen molar-refractivity contribution in [2.75, 3.05) is 10.2 Å². The van der Waals surface area contributed by atoms with Gasteiger partial charge in [-0.1, -0.05) is 37.3 Å². The first kappa shape index (κ1) is 21.6. The second-order valence-electron chi connectivity index (χ2n) is 6.84. The Kier molecular flexibility index (Phi) is 6.94. The summed E-state index contributed by atoms with van der Waals surface area (Å²) in [5, 5.41) is 2.87. The van der Waals surface area contributed by atoms with Crippen molar-refractivity contribution in [1.29, 1.82) is 0 Å². The molecule has 0 radical (unpaired) electrons. The largest absolute Gasteiger partial charge is 0.326 e. The first-order valence-corrected chi connectivity index (χ1v) is 8.96. The molecule has 1 heterocycles. The number of rotatable bonds is 5. The van der Waals surface area contributed by atoms with Crippen molar-refractivity contribution < 1.29 is 14.4 Å². The number of carbonyl (C=O) groups excluding carboxylic acids is 3. The van der Waals surface area contributed by atoms with Crippen LogP contribution in [0.3, 0.4) is 0 Å². The third-order valence-corrected chi connectivity index (χ3v) is 4.89. The summed E-state index contributed by atoms with van der Waals surface area (Å²) < 4.78 is 0. The molecule has 1 aliphatic rings. The molecule has 1 aliphatic heterocycles. The van der Waals surface area contributed by atoms with E-state index in [0.29, 0.717) is 11.4 Å². The van der Waals surface area contributed by atoms with Gasteiger partial charge in [0.1, 0.15) is 0 Å². The van der Waals surface area contributed by atoms with E-state index in [1.165, 1.54) is 4.90 Å². The average Bonchev–Trinajstić information content (AvgIpc) is 3.00. The van der Waals surface area contributed by atoms with Crippen molar-refractivity contribution in [2.24, 2.45) is 11.7 Å². The maximum atomic E-state index is 12.6. The molecule has 28 heavy (non-hydrogen) atoms. The lowest BCUT2D eigenvalue weighted by Crippen LogP contribution is -2.31. The molecule has 1 fully saturated rings. The van der Waals surface area contributed by atoms with Gasteiger partial charge in [0, 0.05) is 24.6 Å². The number of imide groups is 1. The predicted molar refractivity (Wildman–Crippen MR) is 111 cm³/mol. The van der Waals surface area contributed by atoms with Crippen LogP contribution in [-0.4, -0.2) is 17.7 Å². The Morgan fingerprint density at radius 1 is 1.07 bits per heavy atom. The van der Waals surface area contributed by atoms with Crippen molar-refractivity contribution in [1.82, 2.24) is 0 Å². The van der Waals surface area contributed by atoms with Crippen LogP contribution in [0.1, 0.15) is 36.9 Å². The molecule has 6 nitrogen and oxygen atoms in total. The average molecular weight is 402 g/mol. The van der Waals surface area contributed by atoms with Gasteiger partial charge in [0.2, 0.25) is 17.7 Å². The molecule has 3 N–H and O–H groups in total. The van der Waals surface area contributed by atoms with Crippen LogP contribution in [0, 0.1) is 12.8 Å². The van der Waals surface area contributed by atoms with Crippen LogP contribution >= 0.6 is 12.4 Å². The highest BCUT2D eigenvalue weighted by Crippen LogP contribution is 2.29. The number of hydrogen-bond acceptors (Lipinski definition) is 4. The lowest BCUT2D eigenvalue weighted by molar-refractivity contribution is -0.121. The van der Waals surface area contributed by atoms with Crippen LogP contribution in [0.15, 0.2) is 48.5 Å². The molecule has 0 saturated carbocycles. The van der Waals surface area contributed by atoms with E-state index in [2.05, 4.69) is 5.32 Å². The molecule has 0 bridgehead atoms. The molecule has 0 aliphatic carbocycles. The first-order valence-electron chi connectivity index (χ1n) is 8.96. The highest BCUT2D eigenvalue weighted by Gasteiger charge is 2.31. The van der Waals surface area contributed by atoms with Crippen molar-refractivity contribution in [3.8, 4) is 0 Å². The first-order chi connectivity index (χ1) is 12.9. The Bertz CT molecular complexity index is 870. The summed E-state index contributed by atoms with van der Waals surface area (Å²) in [6.45, 7) is 3.60. The minimum atomic E-state index is -0.422. The molecule has 2 unspecified atom stereocenters. The van der Waals surface area contributed by atoms with Crippen LogP contribution in [0.5, 0.6) is 0 Å². The molecule has 7 heteroatoms. The van der Waals surface area contributed by atoms with E-state index in [1.807, 2.05) is 37.3 Å². The highest BCUT2D eigenvalue weighted by molar-refractivity contribution is 6.20. The number of nitrogens with one attached hydrogen (secondary N) is 1. The maximum Gasteiger partial charge on any atom is 0.234 e. The summed E-state index contributed by atoms with van der Waals surface area (Å²) in [6.07, 6.45) is 0.483. The Hall–Kier alpha value is -2.70. The Morgan fingerprint density at radius 3 is 2.25 bits per heavy atom. The standard InChI is InChI=1S/C21H23N3O3.ClH/c1-13-12-16(8-9-17(13)24-18(25)10-11-19(24)26)23-21(27)14(2)20(22)15-6-4-3-5-7-15;/h3-9,12,14,20H,10-11,22H2,1-2H3,(H,23,27);1H. The molecule has 0 aromatic heterocycles. The number of aryl methyl sites for hydroxylation is 1. The lowest BCUT2D eigenvalue weighted by atomic mass is 9.94. The fraction of sp³-hybridized carbons (Fsp3) is 0.286. The fourth-order valence-electron chi connectivity index (χ4n) is 3.21. The van der Waals surface area contributed by atoms with Gasteiger partial charge in [-0.3, -0.25) is 19.3 Å². The minimum absolute atomic E-state index is 0. The molecule has 148 valence electrons. The summed E-state index contributed by atoms with van der Waals surface area (Å²) >= 11 is 0. The van der Waals surface area contributed by atoms with Crippen molar-refractivity contribution >= 4 is 41.5 Å². The highest BCUT2D eigenvalue weighted by atomic mass is 35.5. The van der Waals surface area contributed by atoms with Crippen molar-refractivity contribution in [3.05, 3.63) is 59.7 Å². The summed E-state index contributed by atoms with van der Waals surface area (Å²) in [5.74, 6) is -0.995. The van der Waals surface area contributed by atoms with Crippen LogP contribution in [0.4, 0.5) is 11.4 Å². The van der Waals surface area contributed by atoms with Gasteiger partial charge in [0.05, 0.1) is 11.6 Å². The zero-order chi connectivity index (χ0) is 19.6.